The molecule has 0 aliphatic carbocycles. The van der Waals surface area contributed by atoms with Gasteiger partial charge in [0.05, 0.1) is 11.4 Å². The van der Waals surface area contributed by atoms with E-state index < -0.39 is 0 Å². The first-order valence-electron chi connectivity index (χ1n) is 4.32. The van der Waals surface area contributed by atoms with Crippen LogP contribution in [0.25, 0.3) is 0 Å². The summed E-state index contributed by atoms with van der Waals surface area (Å²) in [6.07, 6.45) is 0. The van der Waals surface area contributed by atoms with E-state index in [0.717, 1.165) is 11.5 Å². The Morgan fingerprint density at radius 2 is 2.43 bits per heavy atom. The molecule has 0 N–H and O–H groups in total. The Hall–Kier alpha value is -0.840. The monoisotopic (exact) mass is 260 g/mol. The van der Waals surface area contributed by atoms with Crippen molar-refractivity contribution in [2.45, 2.75) is 25.2 Å². The molecule has 0 fully saturated rings. The number of carbonyl (C=O) groups is 1. The van der Waals surface area contributed by atoms with Gasteiger partial charge in [-0.05, 0) is 13.8 Å². The second-order valence-corrected chi connectivity index (χ2v) is 4.61. The predicted molar refractivity (Wildman–Crippen MR) is 56.1 cm³/mol. The first kappa shape index (κ1) is 11.2. The molecule has 0 saturated carbocycles. The maximum Gasteiger partial charge on any atom is 0.236 e. The van der Waals surface area contributed by atoms with Crippen molar-refractivity contribution in [2.24, 2.45) is 0 Å². The van der Waals surface area contributed by atoms with Gasteiger partial charge in [0.1, 0.15) is 11.5 Å². The van der Waals surface area contributed by atoms with E-state index in [1.807, 2.05) is 13.0 Å². The molecule has 0 saturated heterocycles. The van der Waals surface area contributed by atoms with Crippen LogP contribution in [-0.2, 0) is 11.3 Å². The van der Waals surface area contributed by atoms with E-state index in [1.54, 1.807) is 18.9 Å². The number of carbonyl (C=O) groups excluding carboxylic acids is 1. The highest BCUT2D eigenvalue weighted by Gasteiger charge is 2.15. The normalized spacial score (nSPS) is 12.6. The van der Waals surface area contributed by atoms with Gasteiger partial charge in [0.25, 0.3) is 0 Å². The number of aryl methyl sites for hydroxylation is 1. The number of hydrogen-bond donors (Lipinski definition) is 0. The van der Waals surface area contributed by atoms with Gasteiger partial charge in [0.15, 0.2) is 0 Å². The van der Waals surface area contributed by atoms with Crippen LogP contribution in [0.15, 0.2) is 10.6 Å². The largest absolute Gasteiger partial charge is 0.361 e. The molecule has 4 nitrogen and oxygen atoms in total. The van der Waals surface area contributed by atoms with E-state index in [1.165, 1.54) is 0 Å². The van der Waals surface area contributed by atoms with Crippen LogP contribution in [0.3, 0.4) is 0 Å². The summed E-state index contributed by atoms with van der Waals surface area (Å²) >= 11 is 3.22. The molecule has 0 aliphatic rings. The number of nitrogens with zero attached hydrogens (tertiary/aromatic N) is 2. The minimum Gasteiger partial charge on any atom is -0.361 e. The zero-order chi connectivity index (χ0) is 10.7. The maximum absolute atomic E-state index is 11.5. The Bertz CT molecular complexity index is 322. The summed E-state index contributed by atoms with van der Waals surface area (Å²) in [5.41, 5.74) is 0.770. The number of alkyl halides is 1. The predicted octanol–water partition coefficient (Wildman–Crippen LogP) is 1.72. The van der Waals surface area contributed by atoms with E-state index in [2.05, 4.69) is 21.1 Å². The van der Waals surface area contributed by atoms with Crippen molar-refractivity contribution in [3.05, 3.63) is 17.5 Å². The lowest BCUT2D eigenvalue weighted by molar-refractivity contribution is -0.129. The summed E-state index contributed by atoms with van der Waals surface area (Å²) < 4.78 is 4.91. The molecule has 1 heterocycles. The molecule has 1 aromatic rings. The van der Waals surface area contributed by atoms with Crippen molar-refractivity contribution in [3.8, 4) is 0 Å². The quantitative estimate of drug-likeness (QED) is 0.778. The van der Waals surface area contributed by atoms with Gasteiger partial charge in [0.2, 0.25) is 5.91 Å². The van der Waals surface area contributed by atoms with Gasteiger partial charge in [-0.2, -0.15) is 0 Å². The molecule has 0 aromatic carbocycles. The van der Waals surface area contributed by atoms with E-state index in [4.69, 9.17) is 4.52 Å². The molecule has 0 radical (unpaired) electrons. The van der Waals surface area contributed by atoms with E-state index in [9.17, 15) is 4.79 Å². The van der Waals surface area contributed by atoms with Crippen molar-refractivity contribution in [1.29, 1.82) is 0 Å². The van der Waals surface area contributed by atoms with E-state index in [0.29, 0.717) is 6.54 Å². The van der Waals surface area contributed by atoms with Gasteiger partial charge in [-0.25, -0.2) is 0 Å². The zero-order valence-corrected chi connectivity index (χ0v) is 10.0. The van der Waals surface area contributed by atoms with Gasteiger partial charge < -0.3 is 9.42 Å². The molecule has 1 aromatic heterocycles. The van der Waals surface area contributed by atoms with Crippen molar-refractivity contribution in [3.63, 3.8) is 0 Å². The molecule has 1 atom stereocenters. The van der Waals surface area contributed by atoms with Crippen LogP contribution in [0, 0.1) is 6.92 Å². The van der Waals surface area contributed by atoms with Crippen molar-refractivity contribution in [2.75, 3.05) is 7.05 Å². The minimum atomic E-state index is -0.166. The summed E-state index contributed by atoms with van der Waals surface area (Å²) in [7, 11) is 1.74. The fourth-order valence-electron chi connectivity index (χ4n) is 1.12. The average Bonchev–Trinajstić information content (AvgIpc) is 2.49. The Labute approximate surface area is 91.4 Å². The molecule has 1 unspecified atom stereocenters. The lowest BCUT2D eigenvalue weighted by Crippen LogP contribution is -2.31. The summed E-state index contributed by atoms with van der Waals surface area (Å²) in [6.45, 7) is 4.10. The molecule has 0 spiro atoms. The maximum atomic E-state index is 11.5. The standard InChI is InChI=1S/C9H13BrN2O2/c1-6-4-8(11-14-6)5-12(3)9(13)7(2)10/h4,7H,5H2,1-3H3. The van der Waals surface area contributed by atoms with Crippen LogP contribution < -0.4 is 0 Å². The topological polar surface area (TPSA) is 46.3 Å². The van der Waals surface area contributed by atoms with Crippen molar-refractivity contribution in [1.82, 2.24) is 10.1 Å². The molecule has 1 rings (SSSR count). The van der Waals surface area contributed by atoms with E-state index >= 15 is 0 Å². The summed E-state index contributed by atoms with van der Waals surface area (Å²) in [4.78, 5) is 12.9. The van der Waals surface area contributed by atoms with Gasteiger partial charge in [0, 0.05) is 13.1 Å². The zero-order valence-electron chi connectivity index (χ0n) is 8.45. The average molecular weight is 261 g/mol. The molecule has 0 aliphatic heterocycles. The van der Waals surface area contributed by atoms with Gasteiger partial charge in [-0.15, -0.1) is 0 Å². The van der Waals surface area contributed by atoms with Crippen LogP contribution >= 0.6 is 15.9 Å². The fourth-order valence-corrected chi connectivity index (χ4v) is 1.47. The third-order valence-electron chi connectivity index (χ3n) is 1.79. The number of halogens is 1. The number of rotatable bonds is 3. The SMILES string of the molecule is Cc1cc(CN(C)C(=O)C(C)Br)no1. The Balaban J connectivity index is 2.57. The number of aromatic nitrogens is 1. The van der Waals surface area contributed by atoms with Gasteiger partial charge >= 0.3 is 0 Å². The first-order valence-corrected chi connectivity index (χ1v) is 5.23. The van der Waals surface area contributed by atoms with Gasteiger partial charge in [-0.1, -0.05) is 21.1 Å². The van der Waals surface area contributed by atoms with E-state index in [-0.39, 0.29) is 10.7 Å². The molecule has 1 amide bonds. The number of hydrogen-bond acceptors (Lipinski definition) is 3. The Morgan fingerprint density at radius 3 is 2.86 bits per heavy atom. The van der Waals surface area contributed by atoms with Crippen molar-refractivity contribution < 1.29 is 9.32 Å². The van der Waals surface area contributed by atoms with Crippen LogP contribution in [0.5, 0.6) is 0 Å². The minimum absolute atomic E-state index is 0.0330. The summed E-state index contributed by atoms with van der Waals surface area (Å²) in [5, 5.41) is 3.81. The lowest BCUT2D eigenvalue weighted by Gasteiger charge is -2.16. The summed E-state index contributed by atoms with van der Waals surface area (Å²) in [5.74, 6) is 0.790. The van der Waals surface area contributed by atoms with Crippen molar-refractivity contribution >= 4 is 21.8 Å². The third kappa shape index (κ3) is 2.83. The molecule has 0 bridgehead atoms. The Kier molecular flexibility index (Phi) is 3.69. The smallest absolute Gasteiger partial charge is 0.236 e. The summed E-state index contributed by atoms with van der Waals surface area (Å²) in [6, 6.07) is 1.82. The van der Waals surface area contributed by atoms with Crippen LogP contribution in [0.2, 0.25) is 0 Å². The highest BCUT2D eigenvalue weighted by Crippen LogP contribution is 2.08. The molecule has 78 valence electrons. The van der Waals surface area contributed by atoms with Crippen LogP contribution in [-0.4, -0.2) is 27.8 Å². The fraction of sp³-hybridized carbons (Fsp3) is 0.556. The molecular formula is C9H13BrN2O2. The lowest BCUT2D eigenvalue weighted by atomic mass is 10.3. The Morgan fingerprint density at radius 1 is 1.79 bits per heavy atom. The highest BCUT2D eigenvalue weighted by atomic mass is 79.9. The molecule has 5 heteroatoms. The molecule has 14 heavy (non-hydrogen) atoms. The molecular weight excluding hydrogens is 248 g/mol. The van der Waals surface area contributed by atoms with Crippen LogP contribution in [0.4, 0.5) is 0 Å². The second-order valence-electron chi connectivity index (χ2n) is 3.24. The second kappa shape index (κ2) is 4.59. The van der Waals surface area contributed by atoms with Crippen LogP contribution in [0.1, 0.15) is 18.4 Å². The third-order valence-corrected chi connectivity index (χ3v) is 2.18. The van der Waals surface area contributed by atoms with Gasteiger partial charge in [-0.3, -0.25) is 4.79 Å². The first-order chi connectivity index (χ1) is 6.50. The number of amides is 1. The highest BCUT2D eigenvalue weighted by molar-refractivity contribution is 9.10.